The third-order valence-corrected chi connectivity index (χ3v) is 2.20. The Morgan fingerprint density at radius 3 is 2.47 bits per heavy atom. The zero-order chi connectivity index (χ0) is 11.6. The van der Waals surface area contributed by atoms with Gasteiger partial charge in [-0.15, -0.1) is 0 Å². The molecule has 0 heterocycles. The molecule has 0 aromatic heterocycles. The number of hydrogen-bond donors (Lipinski definition) is 1. The van der Waals surface area contributed by atoms with E-state index < -0.39 is 17.8 Å². The van der Waals surface area contributed by atoms with Gasteiger partial charge in [-0.25, -0.2) is 0 Å². The summed E-state index contributed by atoms with van der Waals surface area (Å²) < 4.78 is 37.3. The molecule has 0 amide bonds. The number of aliphatic hydroxyl groups excluding tert-OH is 1. The van der Waals surface area contributed by atoms with Crippen LogP contribution in [-0.4, -0.2) is 11.2 Å². The van der Waals surface area contributed by atoms with Gasteiger partial charge < -0.3 is 5.11 Å². The van der Waals surface area contributed by atoms with Crippen molar-refractivity contribution in [2.45, 2.75) is 25.6 Å². The third kappa shape index (κ3) is 3.39. The summed E-state index contributed by atoms with van der Waals surface area (Å²) in [5, 5.41) is 8.73. The number of alkyl halides is 3. The topological polar surface area (TPSA) is 20.2 Å². The third-order valence-electron chi connectivity index (χ3n) is 1.87. The Hall–Kier alpha value is -0.740. The van der Waals surface area contributed by atoms with Gasteiger partial charge in [-0.3, -0.25) is 0 Å². The zero-order valence-electron chi connectivity index (χ0n) is 7.98. The standard InChI is InChI=1S/C10H10ClF3O/c1-6(15)4-7-2-3-9(11)8(5-7)10(12,13)14/h2-3,5-6,15H,4H2,1H3/t6-/m0/s1. The molecule has 1 nitrogen and oxygen atoms in total. The highest BCUT2D eigenvalue weighted by Gasteiger charge is 2.33. The number of aliphatic hydroxyl groups is 1. The second kappa shape index (κ2) is 4.41. The van der Waals surface area contributed by atoms with Crippen LogP contribution in [-0.2, 0) is 12.6 Å². The molecule has 5 heteroatoms. The highest BCUT2D eigenvalue weighted by atomic mass is 35.5. The van der Waals surface area contributed by atoms with E-state index in [9.17, 15) is 13.2 Å². The van der Waals surface area contributed by atoms with Crippen LogP contribution >= 0.6 is 11.6 Å². The van der Waals surface area contributed by atoms with Crippen LogP contribution in [0.2, 0.25) is 5.02 Å². The summed E-state index contributed by atoms with van der Waals surface area (Å²) in [6.45, 7) is 1.52. The molecule has 1 atom stereocenters. The van der Waals surface area contributed by atoms with Crippen molar-refractivity contribution in [3.8, 4) is 0 Å². The average molecular weight is 239 g/mol. The molecular formula is C10H10ClF3O. The van der Waals surface area contributed by atoms with E-state index in [4.69, 9.17) is 16.7 Å². The molecule has 1 aromatic rings. The highest BCUT2D eigenvalue weighted by Crippen LogP contribution is 2.35. The minimum Gasteiger partial charge on any atom is -0.393 e. The van der Waals surface area contributed by atoms with E-state index in [1.165, 1.54) is 19.1 Å². The van der Waals surface area contributed by atoms with E-state index in [1.807, 2.05) is 0 Å². The number of benzene rings is 1. The summed E-state index contributed by atoms with van der Waals surface area (Å²) in [6, 6.07) is 3.64. The molecule has 0 aliphatic carbocycles. The molecule has 0 unspecified atom stereocenters. The SMILES string of the molecule is C[C@H](O)Cc1ccc(Cl)c(C(F)(F)F)c1. The molecule has 0 saturated heterocycles. The average Bonchev–Trinajstić information content (AvgIpc) is 2.05. The summed E-state index contributed by atoms with van der Waals surface area (Å²) in [5.41, 5.74) is -0.441. The molecule has 0 bridgehead atoms. The molecule has 0 aliphatic rings. The summed E-state index contributed by atoms with van der Waals surface area (Å²) >= 11 is 5.43. The van der Waals surface area contributed by atoms with Gasteiger partial charge in [0.15, 0.2) is 0 Å². The van der Waals surface area contributed by atoms with Crippen molar-refractivity contribution < 1.29 is 18.3 Å². The fourth-order valence-electron chi connectivity index (χ4n) is 1.26. The summed E-state index contributed by atoms with van der Waals surface area (Å²) in [5.74, 6) is 0. The van der Waals surface area contributed by atoms with Crippen molar-refractivity contribution in [2.24, 2.45) is 0 Å². The second-order valence-electron chi connectivity index (χ2n) is 3.37. The van der Waals surface area contributed by atoms with Crippen molar-refractivity contribution in [3.05, 3.63) is 34.3 Å². The van der Waals surface area contributed by atoms with Crippen LogP contribution in [0, 0.1) is 0 Å². The lowest BCUT2D eigenvalue weighted by atomic mass is 10.1. The molecule has 84 valence electrons. The molecule has 0 spiro atoms. The van der Waals surface area contributed by atoms with Crippen molar-refractivity contribution in [1.29, 1.82) is 0 Å². The van der Waals surface area contributed by atoms with E-state index in [2.05, 4.69) is 0 Å². The Balaban J connectivity index is 3.06. The predicted molar refractivity (Wildman–Crippen MR) is 51.8 cm³/mol. The molecule has 1 N–H and O–H groups in total. The minimum atomic E-state index is -4.45. The number of rotatable bonds is 2. The first kappa shape index (κ1) is 12.3. The lowest BCUT2D eigenvalue weighted by molar-refractivity contribution is -0.137. The van der Waals surface area contributed by atoms with E-state index in [1.54, 1.807) is 0 Å². The Labute approximate surface area is 90.5 Å². The van der Waals surface area contributed by atoms with Crippen LogP contribution in [0.4, 0.5) is 13.2 Å². The van der Waals surface area contributed by atoms with Crippen LogP contribution in [0.3, 0.4) is 0 Å². The van der Waals surface area contributed by atoms with Crippen molar-refractivity contribution in [3.63, 3.8) is 0 Å². The van der Waals surface area contributed by atoms with E-state index in [0.717, 1.165) is 6.07 Å². The Morgan fingerprint density at radius 2 is 2.00 bits per heavy atom. The van der Waals surface area contributed by atoms with Crippen LogP contribution in [0.1, 0.15) is 18.1 Å². The van der Waals surface area contributed by atoms with Gasteiger partial charge >= 0.3 is 6.18 Å². The highest BCUT2D eigenvalue weighted by molar-refractivity contribution is 6.31. The van der Waals surface area contributed by atoms with E-state index in [-0.39, 0.29) is 11.4 Å². The Kier molecular flexibility index (Phi) is 3.62. The van der Waals surface area contributed by atoms with Gasteiger partial charge in [0.2, 0.25) is 0 Å². The Bertz CT molecular complexity index is 347. The van der Waals surface area contributed by atoms with Crippen LogP contribution in [0.15, 0.2) is 18.2 Å². The molecule has 0 fully saturated rings. The fourth-order valence-corrected chi connectivity index (χ4v) is 1.48. The van der Waals surface area contributed by atoms with Crippen LogP contribution in [0.25, 0.3) is 0 Å². The molecule has 0 aliphatic heterocycles. The molecule has 1 rings (SSSR count). The van der Waals surface area contributed by atoms with Crippen molar-refractivity contribution in [1.82, 2.24) is 0 Å². The monoisotopic (exact) mass is 238 g/mol. The van der Waals surface area contributed by atoms with Crippen molar-refractivity contribution in [2.75, 3.05) is 0 Å². The van der Waals surface area contributed by atoms with Gasteiger partial charge in [0.25, 0.3) is 0 Å². The molecule has 15 heavy (non-hydrogen) atoms. The van der Waals surface area contributed by atoms with E-state index >= 15 is 0 Å². The van der Waals surface area contributed by atoms with Gasteiger partial charge in [-0.2, -0.15) is 13.2 Å². The van der Waals surface area contributed by atoms with Crippen LogP contribution in [0.5, 0.6) is 0 Å². The molecular weight excluding hydrogens is 229 g/mol. The molecule has 0 saturated carbocycles. The summed E-state index contributed by atoms with van der Waals surface area (Å²) in [7, 11) is 0. The molecule has 0 radical (unpaired) electrons. The van der Waals surface area contributed by atoms with Crippen LogP contribution < -0.4 is 0 Å². The fraction of sp³-hybridized carbons (Fsp3) is 0.400. The zero-order valence-corrected chi connectivity index (χ0v) is 8.73. The van der Waals surface area contributed by atoms with Gasteiger partial charge in [0, 0.05) is 0 Å². The first-order valence-corrected chi connectivity index (χ1v) is 4.72. The van der Waals surface area contributed by atoms with Crippen molar-refractivity contribution >= 4 is 11.6 Å². The maximum absolute atomic E-state index is 12.4. The maximum Gasteiger partial charge on any atom is 0.417 e. The summed E-state index contributed by atoms with van der Waals surface area (Å²) in [4.78, 5) is 0. The second-order valence-corrected chi connectivity index (χ2v) is 3.77. The van der Waals surface area contributed by atoms with Gasteiger partial charge in [-0.05, 0) is 31.0 Å². The van der Waals surface area contributed by atoms with Gasteiger partial charge in [0.1, 0.15) is 0 Å². The van der Waals surface area contributed by atoms with E-state index in [0.29, 0.717) is 5.56 Å². The number of halogens is 4. The smallest absolute Gasteiger partial charge is 0.393 e. The first-order valence-electron chi connectivity index (χ1n) is 4.34. The summed E-state index contributed by atoms with van der Waals surface area (Å²) in [6.07, 6.45) is -4.95. The minimum absolute atomic E-state index is 0.181. The maximum atomic E-state index is 12.4. The van der Waals surface area contributed by atoms with Gasteiger partial charge in [0.05, 0.1) is 16.7 Å². The lowest BCUT2D eigenvalue weighted by Crippen LogP contribution is -2.09. The lowest BCUT2D eigenvalue weighted by Gasteiger charge is -2.11. The van der Waals surface area contributed by atoms with Gasteiger partial charge in [-0.1, -0.05) is 17.7 Å². The molecule has 1 aromatic carbocycles. The normalized spacial score (nSPS) is 14.0. The first-order chi connectivity index (χ1) is 6.80. The Morgan fingerprint density at radius 1 is 1.40 bits per heavy atom. The largest absolute Gasteiger partial charge is 0.417 e. The number of hydrogen-bond acceptors (Lipinski definition) is 1. The quantitative estimate of drug-likeness (QED) is 0.838. The predicted octanol–water partition coefficient (Wildman–Crippen LogP) is 3.28.